The Hall–Kier alpha value is -1.85. The van der Waals surface area contributed by atoms with E-state index in [1.165, 1.54) is 64.2 Å². The number of benzene rings is 1. The smallest absolute Gasteiger partial charge is 0.338 e. The monoisotopic (exact) mass is 516 g/mol. The van der Waals surface area contributed by atoms with Crippen LogP contribution in [0.4, 0.5) is 0 Å². The standard InChI is InChI=1S/C32H52O5/c33-29-18-13-9-5-1-3-7-11-15-26-36-31-24-22-28(23-25-31)32(35)37-27-16-12-8-4-2-6-10-14-19-30(34)21-17-20-29/h17,20,22-25,29-30,33-34H,1-16,18-19,21,26-27H2/b20-17+. The van der Waals surface area contributed by atoms with E-state index in [9.17, 15) is 15.0 Å². The zero-order valence-corrected chi connectivity index (χ0v) is 23.1. The lowest BCUT2D eigenvalue weighted by molar-refractivity contribution is 0.0497. The van der Waals surface area contributed by atoms with Crippen molar-refractivity contribution in [3.05, 3.63) is 42.0 Å². The second-order valence-corrected chi connectivity index (χ2v) is 10.6. The van der Waals surface area contributed by atoms with Gasteiger partial charge in [-0.2, -0.15) is 0 Å². The van der Waals surface area contributed by atoms with E-state index in [1.807, 2.05) is 24.3 Å². The molecule has 1 aromatic rings. The average molecular weight is 517 g/mol. The Morgan fingerprint density at radius 1 is 0.595 bits per heavy atom. The molecule has 37 heavy (non-hydrogen) atoms. The van der Waals surface area contributed by atoms with Crippen LogP contribution < -0.4 is 4.74 Å². The van der Waals surface area contributed by atoms with Gasteiger partial charge >= 0.3 is 5.97 Å². The molecule has 0 fully saturated rings. The van der Waals surface area contributed by atoms with Gasteiger partial charge in [-0.3, -0.25) is 0 Å². The van der Waals surface area contributed by atoms with E-state index < -0.39 is 0 Å². The van der Waals surface area contributed by atoms with Gasteiger partial charge in [0.2, 0.25) is 0 Å². The molecule has 0 aliphatic carbocycles. The minimum atomic E-state index is -0.385. The van der Waals surface area contributed by atoms with Crippen molar-refractivity contribution in [3.63, 3.8) is 0 Å². The molecule has 2 bridgehead atoms. The highest BCUT2D eigenvalue weighted by Gasteiger charge is 2.07. The number of fused-ring (bicyclic) bond motifs is 28. The lowest BCUT2D eigenvalue weighted by Crippen LogP contribution is -2.06. The van der Waals surface area contributed by atoms with Crippen LogP contribution in [0.5, 0.6) is 5.75 Å². The summed E-state index contributed by atoms with van der Waals surface area (Å²) in [4.78, 5) is 12.2. The molecule has 0 saturated heterocycles. The Kier molecular flexibility index (Phi) is 17.9. The van der Waals surface area contributed by atoms with Crippen molar-refractivity contribution in [1.82, 2.24) is 0 Å². The molecule has 0 saturated carbocycles. The Balaban J connectivity index is 1.69. The number of hydrogen-bond donors (Lipinski definition) is 2. The molecule has 1 aromatic carbocycles. The summed E-state index contributed by atoms with van der Waals surface area (Å²) in [5, 5.41) is 20.3. The first-order chi connectivity index (χ1) is 18.1. The molecule has 210 valence electrons. The van der Waals surface area contributed by atoms with E-state index in [1.54, 1.807) is 12.1 Å². The van der Waals surface area contributed by atoms with Crippen molar-refractivity contribution in [2.45, 2.75) is 134 Å². The Morgan fingerprint density at radius 3 is 1.68 bits per heavy atom. The zero-order chi connectivity index (χ0) is 26.4. The first-order valence-electron chi connectivity index (χ1n) is 15.1. The van der Waals surface area contributed by atoms with Gasteiger partial charge in [-0.1, -0.05) is 102 Å². The van der Waals surface area contributed by atoms with Gasteiger partial charge in [-0.05, 0) is 56.4 Å². The van der Waals surface area contributed by atoms with Gasteiger partial charge in [0.05, 0.1) is 31.0 Å². The molecule has 2 aliphatic heterocycles. The second kappa shape index (κ2) is 21.1. The van der Waals surface area contributed by atoms with Crippen molar-refractivity contribution >= 4 is 5.97 Å². The van der Waals surface area contributed by atoms with Gasteiger partial charge in [-0.25, -0.2) is 4.79 Å². The fraction of sp³-hybridized carbons (Fsp3) is 0.719. The van der Waals surface area contributed by atoms with Crippen molar-refractivity contribution in [2.75, 3.05) is 13.2 Å². The summed E-state index contributed by atoms with van der Waals surface area (Å²) in [5.74, 6) is 0.544. The highest BCUT2D eigenvalue weighted by atomic mass is 16.5. The molecule has 2 N–H and O–H groups in total. The van der Waals surface area contributed by atoms with Gasteiger partial charge in [-0.15, -0.1) is 0 Å². The molecule has 0 spiro atoms. The van der Waals surface area contributed by atoms with E-state index in [0.29, 0.717) is 25.2 Å². The van der Waals surface area contributed by atoms with Crippen molar-refractivity contribution in [1.29, 1.82) is 0 Å². The third-order valence-corrected chi connectivity index (χ3v) is 7.18. The maximum absolute atomic E-state index is 12.2. The second-order valence-electron chi connectivity index (χ2n) is 10.6. The van der Waals surface area contributed by atoms with Crippen LogP contribution >= 0.6 is 0 Å². The molecule has 0 amide bonds. The van der Waals surface area contributed by atoms with Gasteiger partial charge < -0.3 is 19.7 Å². The Bertz CT molecular complexity index is 714. The van der Waals surface area contributed by atoms with E-state index in [2.05, 4.69) is 0 Å². The summed E-state index contributed by atoms with van der Waals surface area (Å²) in [6, 6.07) is 7.28. The maximum Gasteiger partial charge on any atom is 0.338 e. The SMILES string of the molecule is O=C1OCCCCCCCCCCC(O)C/C=C/C(O)CCCCCCCCCCOc2ccc1cc2. The van der Waals surface area contributed by atoms with Crippen LogP contribution in [0.25, 0.3) is 0 Å². The first kappa shape index (κ1) is 31.4. The maximum atomic E-state index is 12.2. The van der Waals surface area contributed by atoms with Crippen LogP contribution in [-0.4, -0.2) is 41.6 Å². The Labute approximate surface area is 225 Å². The largest absolute Gasteiger partial charge is 0.494 e. The number of aliphatic hydroxyl groups is 2. The quantitative estimate of drug-likeness (QED) is 0.270. The summed E-state index contributed by atoms with van der Waals surface area (Å²) >= 11 is 0. The average Bonchev–Trinajstić information content (AvgIpc) is 2.90. The molecule has 5 nitrogen and oxygen atoms in total. The van der Waals surface area contributed by atoms with E-state index in [-0.39, 0.29) is 18.2 Å². The number of aliphatic hydroxyl groups excluding tert-OH is 2. The number of rotatable bonds is 0. The molecule has 0 radical (unpaired) electrons. The number of hydrogen-bond acceptors (Lipinski definition) is 5. The molecule has 2 aliphatic rings. The lowest BCUT2D eigenvalue weighted by atomic mass is 10.0. The topological polar surface area (TPSA) is 76.0 Å². The molecule has 0 aromatic heterocycles. The third kappa shape index (κ3) is 16.6. The van der Waals surface area contributed by atoms with Crippen LogP contribution in [0.1, 0.15) is 132 Å². The van der Waals surface area contributed by atoms with E-state index >= 15 is 0 Å². The van der Waals surface area contributed by atoms with Crippen LogP contribution in [0.3, 0.4) is 0 Å². The number of ether oxygens (including phenoxy) is 2. The molecule has 2 atom stereocenters. The third-order valence-electron chi connectivity index (χ3n) is 7.18. The molecule has 3 rings (SSSR count). The zero-order valence-electron chi connectivity index (χ0n) is 23.1. The normalized spacial score (nSPS) is 25.1. The molecule has 2 unspecified atom stereocenters. The van der Waals surface area contributed by atoms with Crippen molar-refractivity contribution in [3.8, 4) is 5.75 Å². The number of esters is 1. The first-order valence-corrected chi connectivity index (χ1v) is 15.1. The van der Waals surface area contributed by atoms with E-state index in [4.69, 9.17) is 9.47 Å². The van der Waals surface area contributed by atoms with E-state index in [0.717, 1.165) is 57.1 Å². The van der Waals surface area contributed by atoms with Crippen LogP contribution in [0.2, 0.25) is 0 Å². The molecular formula is C32H52O5. The highest BCUT2D eigenvalue weighted by Crippen LogP contribution is 2.16. The summed E-state index contributed by atoms with van der Waals surface area (Å²) in [6.07, 6.45) is 23.8. The molecule has 2 heterocycles. The van der Waals surface area contributed by atoms with Crippen LogP contribution in [0.15, 0.2) is 36.4 Å². The predicted molar refractivity (Wildman–Crippen MR) is 151 cm³/mol. The van der Waals surface area contributed by atoms with Gasteiger partial charge in [0.1, 0.15) is 5.75 Å². The van der Waals surface area contributed by atoms with Crippen molar-refractivity contribution in [2.24, 2.45) is 0 Å². The summed E-state index contributed by atoms with van der Waals surface area (Å²) in [5.41, 5.74) is 0.578. The molecular weight excluding hydrogens is 464 g/mol. The van der Waals surface area contributed by atoms with Gasteiger partial charge in [0.15, 0.2) is 0 Å². The fourth-order valence-corrected chi connectivity index (χ4v) is 4.79. The van der Waals surface area contributed by atoms with Crippen LogP contribution in [0, 0.1) is 0 Å². The van der Waals surface area contributed by atoms with Gasteiger partial charge in [0, 0.05) is 0 Å². The number of carbonyl (C=O) groups excluding carboxylic acids is 1. The highest BCUT2D eigenvalue weighted by molar-refractivity contribution is 5.89. The van der Waals surface area contributed by atoms with Gasteiger partial charge in [0.25, 0.3) is 0 Å². The van der Waals surface area contributed by atoms with Crippen LogP contribution in [-0.2, 0) is 4.74 Å². The number of carbonyl (C=O) groups is 1. The summed E-state index contributed by atoms with van der Waals surface area (Å²) < 4.78 is 11.3. The van der Waals surface area contributed by atoms with Crippen molar-refractivity contribution < 1.29 is 24.5 Å². The summed E-state index contributed by atoms with van der Waals surface area (Å²) in [6.45, 7) is 1.17. The fourth-order valence-electron chi connectivity index (χ4n) is 4.79. The minimum Gasteiger partial charge on any atom is -0.494 e. The molecule has 5 heteroatoms. The summed E-state index contributed by atoms with van der Waals surface area (Å²) in [7, 11) is 0. The predicted octanol–water partition coefficient (Wildman–Crippen LogP) is 7.93. The Morgan fingerprint density at radius 2 is 1.08 bits per heavy atom. The lowest BCUT2D eigenvalue weighted by Gasteiger charge is -2.09. The minimum absolute atomic E-state index is 0.258.